The molecule has 1 fully saturated rings. The molecule has 2 N–H and O–H groups in total. The zero-order chi connectivity index (χ0) is 17.6. The number of unbranched alkanes of at least 4 members (excludes halogenated alkanes) is 2. The summed E-state index contributed by atoms with van der Waals surface area (Å²) in [5.41, 5.74) is 6.59. The van der Waals surface area contributed by atoms with E-state index in [1.807, 2.05) is 17.5 Å². The molecular weight excluding hydrogens is 336 g/mol. The van der Waals surface area contributed by atoms with Crippen LogP contribution in [0.15, 0.2) is 22.0 Å². The van der Waals surface area contributed by atoms with Crippen LogP contribution in [0.4, 0.5) is 0 Å². The molecule has 3 heterocycles. The molecule has 0 atom stereocenters. The number of amides is 1. The van der Waals surface area contributed by atoms with Crippen molar-refractivity contribution >= 4 is 17.2 Å². The molecular formula is C18H26N4O2S. The van der Waals surface area contributed by atoms with Crippen molar-refractivity contribution < 1.29 is 9.32 Å². The summed E-state index contributed by atoms with van der Waals surface area (Å²) in [7, 11) is 2.18. The van der Waals surface area contributed by atoms with E-state index in [9.17, 15) is 4.79 Å². The lowest BCUT2D eigenvalue weighted by Gasteiger charge is -2.32. The standard InChI is InChI=1S/C18H26N4O2S/c1-21-9-11-22(12-10-21)8-4-2-3-6-14-16(18(19)23)20-24-17(14)15-7-5-13-25-15/h5,7,13H,2-4,6,8-12H2,1H3,(H2,19,23). The Bertz CT molecular complexity index is 675. The average Bonchev–Trinajstić information content (AvgIpc) is 3.25. The number of primary amides is 1. The molecule has 0 saturated carbocycles. The van der Waals surface area contributed by atoms with Gasteiger partial charge in [-0.2, -0.15) is 0 Å². The van der Waals surface area contributed by atoms with Gasteiger partial charge < -0.3 is 20.1 Å². The van der Waals surface area contributed by atoms with Crippen molar-refractivity contribution in [1.82, 2.24) is 15.0 Å². The van der Waals surface area contributed by atoms with Crippen molar-refractivity contribution in [3.05, 3.63) is 28.8 Å². The molecule has 0 aliphatic carbocycles. The second-order valence-electron chi connectivity index (χ2n) is 6.64. The fourth-order valence-corrected chi connectivity index (χ4v) is 3.95. The zero-order valence-corrected chi connectivity index (χ0v) is 15.6. The number of nitrogens with zero attached hydrogens (tertiary/aromatic N) is 3. The molecule has 2 aromatic heterocycles. The normalized spacial score (nSPS) is 16.4. The SMILES string of the molecule is CN1CCN(CCCCCc2c(C(N)=O)noc2-c2cccs2)CC1. The van der Waals surface area contributed by atoms with Crippen LogP contribution in [-0.2, 0) is 6.42 Å². The van der Waals surface area contributed by atoms with Crippen LogP contribution < -0.4 is 5.73 Å². The predicted molar refractivity (Wildman–Crippen MR) is 99.8 cm³/mol. The molecule has 1 saturated heterocycles. The summed E-state index contributed by atoms with van der Waals surface area (Å²) in [4.78, 5) is 17.5. The molecule has 136 valence electrons. The van der Waals surface area contributed by atoms with Gasteiger partial charge in [-0.25, -0.2) is 0 Å². The fraction of sp³-hybridized carbons (Fsp3) is 0.556. The lowest BCUT2D eigenvalue weighted by atomic mass is 10.0. The summed E-state index contributed by atoms with van der Waals surface area (Å²) in [6, 6.07) is 3.94. The van der Waals surface area contributed by atoms with Crippen LogP contribution in [0.2, 0.25) is 0 Å². The highest BCUT2D eigenvalue weighted by molar-refractivity contribution is 7.13. The fourth-order valence-electron chi connectivity index (χ4n) is 3.22. The number of hydrogen-bond donors (Lipinski definition) is 1. The number of carbonyl (C=O) groups is 1. The first-order valence-corrected chi connectivity index (χ1v) is 9.76. The summed E-state index contributed by atoms with van der Waals surface area (Å²) in [6.07, 6.45) is 4.08. The number of likely N-dealkylation sites (N-methyl/N-ethyl adjacent to an activating group) is 1. The Balaban J connectivity index is 1.51. The van der Waals surface area contributed by atoms with E-state index in [0.29, 0.717) is 5.76 Å². The van der Waals surface area contributed by atoms with Crippen molar-refractivity contribution in [2.45, 2.75) is 25.7 Å². The second kappa shape index (κ2) is 8.60. The van der Waals surface area contributed by atoms with E-state index in [-0.39, 0.29) is 5.69 Å². The predicted octanol–water partition coefficient (Wildman–Crippen LogP) is 2.46. The summed E-state index contributed by atoms with van der Waals surface area (Å²) in [5, 5.41) is 5.88. The Kier molecular flexibility index (Phi) is 6.23. The molecule has 2 aromatic rings. The first-order valence-electron chi connectivity index (χ1n) is 8.88. The van der Waals surface area contributed by atoms with E-state index in [0.717, 1.165) is 62.4 Å². The molecule has 1 aliphatic heterocycles. The molecule has 0 unspecified atom stereocenters. The Morgan fingerprint density at radius 3 is 2.76 bits per heavy atom. The lowest BCUT2D eigenvalue weighted by Crippen LogP contribution is -2.44. The molecule has 7 heteroatoms. The van der Waals surface area contributed by atoms with E-state index in [1.54, 1.807) is 11.3 Å². The highest BCUT2D eigenvalue weighted by Gasteiger charge is 2.21. The van der Waals surface area contributed by atoms with E-state index < -0.39 is 5.91 Å². The lowest BCUT2D eigenvalue weighted by molar-refractivity contribution is 0.0991. The molecule has 25 heavy (non-hydrogen) atoms. The van der Waals surface area contributed by atoms with Gasteiger partial charge in [-0.05, 0) is 44.3 Å². The third-order valence-corrected chi connectivity index (χ3v) is 5.63. The quantitative estimate of drug-likeness (QED) is 0.730. The maximum Gasteiger partial charge on any atom is 0.271 e. The van der Waals surface area contributed by atoms with Gasteiger partial charge in [0, 0.05) is 31.7 Å². The number of aromatic nitrogens is 1. The second-order valence-corrected chi connectivity index (χ2v) is 7.58. The molecule has 0 radical (unpaired) electrons. The van der Waals surface area contributed by atoms with Gasteiger partial charge >= 0.3 is 0 Å². The number of nitrogens with two attached hydrogens (primary N) is 1. The summed E-state index contributed by atoms with van der Waals surface area (Å²) >= 11 is 1.58. The van der Waals surface area contributed by atoms with Crippen molar-refractivity contribution in [2.75, 3.05) is 39.8 Å². The van der Waals surface area contributed by atoms with Crippen LogP contribution >= 0.6 is 11.3 Å². The van der Waals surface area contributed by atoms with Gasteiger partial charge in [-0.3, -0.25) is 4.79 Å². The molecule has 6 nitrogen and oxygen atoms in total. The number of piperazine rings is 1. The van der Waals surface area contributed by atoms with Crippen LogP contribution in [0.5, 0.6) is 0 Å². The van der Waals surface area contributed by atoms with E-state index >= 15 is 0 Å². The number of rotatable bonds is 8. The van der Waals surface area contributed by atoms with Crippen molar-refractivity contribution in [1.29, 1.82) is 0 Å². The minimum absolute atomic E-state index is 0.280. The Hall–Kier alpha value is -1.70. The summed E-state index contributed by atoms with van der Waals surface area (Å²) in [5.74, 6) is 0.182. The van der Waals surface area contributed by atoms with Crippen LogP contribution in [-0.4, -0.2) is 60.6 Å². The first kappa shape index (κ1) is 18.1. The maximum absolute atomic E-state index is 11.6. The highest BCUT2D eigenvalue weighted by atomic mass is 32.1. The van der Waals surface area contributed by atoms with E-state index in [2.05, 4.69) is 22.0 Å². The number of hydrogen-bond acceptors (Lipinski definition) is 6. The van der Waals surface area contributed by atoms with E-state index in [4.69, 9.17) is 10.3 Å². The van der Waals surface area contributed by atoms with Gasteiger partial charge in [-0.15, -0.1) is 11.3 Å². The van der Waals surface area contributed by atoms with Gasteiger partial charge in [0.05, 0.1) is 4.88 Å². The molecule has 1 amide bonds. The van der Waals surface area contributed by atoms with Gasteiger partial charge in [0.2, 0.25) is 0 Å². The van der Waals surface area contributed by atoms with Crippen LogP contribution in [0.1, 0.15) is 35.3 Å². The first-order chi connectivity index (χ1) is 12.1. The van der Waals surface area contributed by atoms with Gasteiger partial charge in [-0.1, -0.05) is 17.6 Å². The summed E-state index contributed by atoms with van der Waals surface area (Å²) in [6.45, 7) is 5.80. The topological polar surface area (TPSA) is 75.6 Å². The highest BCUT2D eigenvalue weighted by Crippen LogP contribution is 2.31. The third kappa shape index (κ3) is 4.68. The largest absolute Gasteiger partial charge is 0.364 e. The Morgan fingerprint density at radius 2 is 2.08 bits per heavy atom. The van der Waals surface area contributed by atoms with Gasteiger partial charge in [0.1, 0.15) is 0 Å². The average molecular weight is 362 g/mol. The van der Waals surface area contributed by atoms with E-state index in [1.165, 1.54) is 6.42 Å². The van der Waals surface area contributed by atoms with Crippen LogP contribution in [0, 0.1) is 0 Å². The minimum atomic E-state index is -0.515. The number of carbonyl (C=O) groups excluding carboxylic acids is 1. The minimum Gasteiger partial charge on any atom is -0.364 e. The zero-order valence-electron chi connectivity index (χ0n) is 14.7. The number of thiophene rings is 1. The molecule has 0 bridgehead atoms. The summed E-state index contributed by atoms with van der Waals surface area (Å²) < 4.78 is 5.41. The van der Waals surface area contributed by atoms with Crippen LogP contribution in [0.25, 0.3) is 10.6 Å². The maximum atomic E-state index is 11.6. The third-order valence-electron chi connectivity index (χ3n) is 4.76. The molecule has 3 rings (SSSR count). The van der Waals surface area contributed by atoms with Gasteiger partial charge in [0.15, 0.2) is 11.5 Å². The molecule has 1 aliphatic rings. The Morgan fingerprint density at radius 1 is 1.28 bits per heavy atom. The molecule has 0 aromatic carbocycles. The smallest absolute Gasteiger partial charge is 0.271 e. The van der Waals surface area contributed by atoms with Gasteiger partial charge in [0.25, 0.3) is 5.91 Å². The Labute approximate surface area is 152 Å². The monoisotopic (exact) mass is 362 g/mol. The van der Waals surface area contributed by atoms with Crippen molar-refractivity contribution in [2.24, 2.45) is 5.73 Å². The molecule has 0 spiro atoms. The van der Waals surface area contributed by atoms with Crippen LogP contribution in [0.3, 0.4) is 0 Å². The van der Waals surface area contributed by atoms with Crippen molar-refractivity contribution in [3.63, 3.8) is 0 Å². The van der Waals surface area contributed by atoms with Crippen molar-refractivity contribution in [3.8, 4) is 10.6 Å².